The Kier molecular flexibility index (Phi) is 5.20. The Morgan fingerprint density at radius 1 is 1.23 bits per heavy atom. The third kappa shape index (κ3) is 3.48. The molecule has 1 aliphatic heterocycles. The van der Waals surface area contributed by atoms with E-state index in [1.165, 1.54) is 10.7 Å². The standard InChI is InChI=1S/C19H19Cl2FN2O2/c20-14-8-15(22)17(9-18(14)26-11-12-4-3-7-25-10-12)24-19(21)13-5-1-2-6-16(13)23-24/h4,8-9H,1-3,5-7,10-11H2. The van der Waals surface area contributed by atoms with E-state index in [9.17, 15) is 4.39 Å². The summed E-state index contributed by atoms with van der Waals surface area (Å²) in [6.45, 7) is 1.63. The average molecular weight is 397 g/mol. The first-order chi connectivity index (χ1) is 12.6. The van der Waals surface area contributed by atoms with Crippen LogP contribution in [-0.2, 0) is 17.6 Å². The second-order valence-electron chi connectivity index (χ2n) is 6.56. The van der Waals surface area contributed by atoms with Gasteiger partial charge in [-0.1, -0.05) is 29.3 Å². The largest absolute Gasteiger partial charge is 0.488 e. The molecule has 0 bridgehead atoms. The highest BCUT2D eigenvalue weighted by molar-refractivity contribution is 6.32. The van der Waals surface area contributed by atoms with Crippen LogP contribution in [0.15, 0.2) is 23.8 Å². The van der Waals surface area contributed by atoms with E-state index in [1.807, 2.05) is 0 Å². The van der Waals surface area contributed by atoms with Crippen LogP contribution in [0.3, 0.4) is 0 Å². The molecule has 26 heavy (non-hydrogen) atoms. The fraction of sp³-hybridized carbons (Fsp3) is 0.421. The zero-order chi connectivity index (χ0) is 18.1. The SMILES string of the molecule is Fc1cc(Cl)c(OCC2=CCCOC2)cc1-n1nc2c(c1Cl)CCCC2. The molecule has 2 aromatic rings. The van der Waals surface area contributed by atoms with E-state index in [4.69, 9.17) is 32.7 Å². The Labute approximate surface area is 161 Å². The number of hydrogen-bond acceptors (Lipinski definition) is 3. The van der Waals surface area contributed by atoms with Crippen LogP contribution in [-0.4, -0.2) is 29.6 Å². The van der Waals surface area contributed by atoms with E-state index in [-0.39, 0.29) is 10.7 Å². The number of fused-ring (bicyclic) bond motifs is 1. The summed E-state index contributed by atoms with van der Waals surface area (Å²) < 4.78 is 27.2. The molecule has 0 amide bonds. The van der Waals surface area contributed by atoms with Crippen LogP contribution >= 0.6 is 23.2 Å². The van der Waals surface area contributed by atoms with Crippen molar-refractivity contribution in [2.24, 2.45) is 0 Å². The molecule has 7 heteroatoms. The maximum absolute atomic E-state index is 14.6. The summed E-state index contributed by atoms with van der Waals surface area (Å²) in [5.41, 5.74) is 3.25. The van der Waals surface area contributed by atoms with Crippen LogP contribution in [0.4, 0.5) is 4.39 Å². The third-order valence-corrected chi connectivity index (χ3v) is 5.40. The second kappa shape index (κ2) is 7.59. The molecular weight excluding hydrogens is 378 g/mol. The van der Waals surface area contributed by atoms with Gasteiger partial charge in [0.05, 0.1) is 23.9 Å². The van der Waals surface area contributed by atoms with Crippen molar-refractivity contribution in [3.8, 4) is 11.4 Å². The number of ether oxygens (including phenoxy) is 2. The fourth-order valence-electron chi connectivity index (χ4n) is 3.34. The molecule has 0 unspecified atom stereocenters. The summed E-state index contributed by atoms with van der Waals surface area (Å²) in [4.78, 5) is 0. The second-order valence-corrected chi connectivity index (χ2v) is 7.33. The lowest BCUT2D eigenvalue weighted by Gasteiger charge is -2.16. The Morgan fingerprint density at radius 2 is 2.08 bits per heavy atom. The number of benzene rings is 1. The highest BCUT2D eigenvalue weighted by atomic mass is 35.5. The lowest BCUT2D eigenvalue weighted by atomic mass is 9.99. The van der Waals surface area contributed by atoms with E-state index in [2.05, 4.69) is 11.2 Å². The quantitative estimate of drug-likeness (QED) is 0.687. The molecule has 0 saturated carbocycles. The molecule has 1 aromatic heterocycles. The van der Waals surface area contributed by atoms with Crippen LogP contribution in [0.5, 0.6) is 5.75 Å². The van der Waals surface area contributed by atoms with Gasteiger partial charge in [0.1, 0.15) is 23.2 Å². The van der Waals surface area contributed by atoms with Crippen molar-refractivity contribution >= 4 is 23.2 Å². The fourth-order valence-corrected chi connectivity index (χ4v) is 3.88. The molecule has 138 valence electrons. The summed E-state index contributed by atoms with van der Waals surface area (Å²) in [7, 11) is 0. The van der Waals surface area contributed by atoms with E-state index in [1.54, 1.807) is 6.07 Å². The van der Waals surface area contributed by atoms with Crippen molar-refractivity contribution in [1.29, 1.82) is 0 Å². The van der Waals surface area contributed by atoms with Gasteiger partial charge in [0.2, 0.25) is 0 Å². The lowest BCUT2D eigenvalue weighted by molar-refractivity contribution is 0.141. The maximum atomic E-state index is 14.6. The zero-order valence-corrected chi connectivity index (χ0v) is 15.7. The molecular formula is C19H19Cl2FN2O2. The highest BCUT2D eigenvalue weighted by Crippen LogP contribution is 2.34. The zero-order valence-electron chi connectivity index (χ0n) is 14.2. The van der Waals surface area contributed by atoms with Gasteiger partial charge in [-0.25, -0.2) is 9.07 Å². The first-order valence-electron chi connectivity index (χ1n) is 8.77. The molecule has 0 fully saturated rings. The summed E-state index contributed by atoms with van der Waals surface area (Å²) in [5, 5.41) is 5.20. The van der Waals surface area contributed by atoms with Crippen molar-refractivity contribution < 1.29 is 13.9 Å². The minimum Gasteiger partial charge on any atom is -0.488 e. The molecule has 4 nitrogen and oxygen atoms in total. The third-order valence-electron chi connectivity index (χ3n) is 4.72. The Bertz CT molecular complexity index is 864. The molecule has 2 heterocycles. The average Bonchev–Trinajstić information content (AvgIpc) is 2.99. The monoisotopic (exact) mass is 396 g/mol. The minimum absolute atomic E-state index is 0.219. The summed E-state index contributed by atoms with van der Waals surface area (Å²) in [6, 6.07) is 2.81. The maximum Gasteiger partial charge on any atom is 0.150 e. The number of halogens is 3. The van der Waals surface area contributed by atoms with E-state index >= 15 is 0 Å². The summed E-state index contributed by atoms with van der Waals surface area (Å²) in [6.07, 6.45) is 6.87. The Hall–Kier alpha value is -1.56. The number of hydrogen-bond donors (Lipinski definition) is 0. The van der Waals surface area contributed by atoms with Crippen molar-refractivity contribution in [2.45, 2.75) is 32.1 Å². The van der Waals surface area contributed by atoms with Crippen LogP contribution in [0, 0.1) is 5.82 Å². The minimum atomic E-state index is -0.482. The highest BCUT2D eigenvalue weighted by Gasteiger charge is 2.22. The van der Waals surface area contributed by atoms with E-state index in [0.717, 1.165) is 55.5 Å². The van der Waals surface area contributed by atoms with Crippen molar-refractivity contribution in [3.05, 3.63) is 51.0 Å². The van der Waals surface area contributed by atoms with Gasteiger partial charge in [0, 0.05) is 11.6 Å². The molecule has 0 radical (unpaired) electrons. The van der Waals surface area contributed by atoms with Crippen molar-refractivity contribution in [2.75, 3.05) is 19.8 Å². The number of aryl methyl sites for hydroxylation is 1. The van der Waals surface area contributed by atoms with Crippen molar-refractivity contribution in [3.63, 3.8) is 0 Å². The van der Waals surface area contributed by atoms with Gasteiger partial charge < -0.3 is 9.47 Å². The molecule has 2 aliphatic rings. The van der Waals surface area contributed by atoms with Crippen LogP contribution in [0.2, 0.25) is 10.2 Å². The Morgan fingerprint density at radius 3 is 2.85 bits per heavy atom. The normalized spacial score (nSPS) is 17.0. The predicted octanol–water partition coefficient (Wildman–Crippen LogP) is 4.92. The smallest absolute Gasteiger partial charge is 0.150 e. The van der Waals surface area contributed by atoms with E-state index < -0.39 is 5.82 Å². The molecule has 0 spiro atoms. The lowest BCUT2D eigenvalue weighted by Crippen LogP contribution is -2.13. The van der Waals surface area contributed by atoms with Crippen LogP contribution in [0.1, 0.15) is 30.5 Å². The topological polar surface area (TPSA) is 36.3 Å². The van der Waals surface area contributed by atoms with Crippen LogP contribution in [0.25, 0.3) is 5.69 Å². The van der Waals surface area contributed by atoms with E-state index in [0.29, 0.717) is 24.1 Å². The number of nitrogens with zero attached hydrogens (tertiary/aromatic N) is 2. The summed E-state index contributed by atoms with van der Waals surface area (Å²) >= 11 is 12.6. The molecule has 0 atom stereocenters. The molecule has 0 saturated heterocycles. The molecule has 4 rings (SSSR count). The van der Waals surface area contributed by atoms with Gasteiger partial charge in [-0.15, -0.1) is 0 Å². The number of aromatic nitrogens is 2. The molecule has 1 aliphatic carbocycles. The molecule has 0 N–H and O–H groups in total. The van der Waals surface area contributed by atoms with Gasteiger partial charge in [0.25, 0.3) is 0 Å². The van der Waals surface area contributed by atoms with Gasteiger partial charge in [-0.2, -0.15) is 5.10 Å². The van der Waals surface area contributed by atoms with Gasteiger partial charge in [-0.05, 0) is 43.7 Å². The molecule has 1 aromatic carbocycles. The van der Waals surface area contributed by atoms with Crippen molar-refractivity contribution in [1.82, 2.24) is 9.78 Å². The first-order valence-corrected chi connectivity index (χ1v) is 9.53. The first kappa shape index (κ1) is 17.8. The summed E-state index contributed by atoms with van der Waals surface area (Å²) in [5.74, 6) is -0.0802. The van der Waals surface area contributed by atoms with Gasteiger partial charge in [-0.3, -0.25) is 0 Å². The Balaban J connectivity index is 1.64. The number of rotatable bonds is 4. The van der Waals surface area contributed by atoms with Crippen LogP contribution < -0.4 is 4.74 Å². The van der Waals surface area contributed by atoms with Gasteiger partial charge >= 0.3 is 0 Å². The predicted molar refractivity (Wildman–Crippen MR) is 99.2 cm³/mol. The van der Waals surface area contributed by atoms with Gasteiger partial charge in [0.15, 0.2) is 5.82 Å².